The number of thiazole rings is 1. The molecule has 6 nitrogen and oxygen atoms in total. The summed E-state index contributed by atoms with van der Waals surface area (Å²) in [5, 5.41) is 6.01. The van der Waals surface area contributed by atoms with Gasteiger partial charge in [-0.2, -0.15) is 0 Å². The summed E-state index contributed by atoms with van der Waals surface area (Å²) in [5.74, 6) is -0.124. The smallest absolute Gasteiger partial charge is 0.262 e. The molecule has 3 aromatic heterocycles. The fourth-order valence-electron chi connectivity index (χ4n) is 3.04. The maximum absolute atomic E-state index is 12.3. The number of nitrogens with one attached hydrogen (secondary N) is 1. The standard InChI is InChI=1S/C17H18N4O2S2/c22-14(20-17-19-12-4-2-1-3-5-13(12)25-17)6-8-21-10-18-15-11(16(21)23)7-9-24-15/h7,9-10H,1-6,8H2,(H,19,20,22). The Balaban J connectivity index is 1.40. The van der Waals surface area contributed by atoms with Crippen LogP contribution in [-0.4, -0.2) is 20.4 Å². The number of amides is 1. The van der Waals surface area contributed by atoms with Crippen LogP contribution in [0.2, 0.25) is 0 Å². The van der Waals surface area contributed by atoms with Crippen molar-refractivity contribution < 1.29 is 4.79 Å². The molecule has 1 aliphatic carbocycles. The lowest BCUT2D eigenvalue weighted by atomic mass is 10.2. The van der Waals surface area contributed by atoms with Crippen molar-refractivity contribution in [2.24, 2.45) is 0 Å². The summed E-state index contributed by atoms with van der Waals surface area (Å²) in [6.45, 7) is 0.314. The Hall–Kier alpha value is -2.06. The highest BCUT2D eigenvalue weighted by Crippen LogP contribution is 2.28. The molecule has 0 fully saturated rings. The maximum Gasteiger partial charge on any atom is 0.262 e. The summed E-state index contributed by atoms with van der Waals surface area (Å²) >= 11 is 3.02. The quantitative estimate of drug-likeness (QED) is 0.712. The molecule has 3 aromatic rings. The van der Waals surface area contributed by atoms with Crippen LogP contribution in [0.3, 0.4) is 0 Å². The number of anilines is 1. The number of thiophene rings is 1. The zero-order chi connectivity index (χ0) is 17.2. The number of hydrogen-bond acceptors (Lipinski definition) is 6. The van der Waals surface area contributed by atoms with Crippen LogP contribution >= 0.6 is 22.7 Å². The summed E-state index contributed by atoms with van der Waals surface area (Å²) in [4.78, 5) is 35.4. The summed E-state index contributed by atoms with van der Waals surface area (Å²) in [5.41, 5.74) is 1.04. The van der Waals surface area contributed by atoms with Crippen molar-refractivity contribution in [1.29, 1.82) is 0 Å². The first-order valence-electron chi connectivity index (χ1n) is 8.42. The van der Waals surface area contributed by atoms with E-state index < -0.39 is 0 Å². The second-order valence-electron chi connectivity index (χ2n) is 6.13. The van der Waals surface area contributed by atoms with Crippen molar-refractivity contribution in [3.05, 3.63) is 38.7 Å². The van der Waals surface area contributed by atoms with Crippen molar-refractivity contribution in [1.82, 2.24) is 14.5 Å². The molecule has 0 radical (unpaired) electrons. The Morgan fingerprint density at radius 2 is 2.16 bits per heavy atom. The molecule has 25 heavy (non-hydrogen) atoms. The summed E-state index contributed by atoms with van der Waals surface area (Å²) < 4.78 is 1.49. The summed E-state index contributed by atoms with van der Waals surface area (Å²) in [7, 11) is 0. The monoisotopic (exact) mass is 374 g/mol. The highest BCUT2D eigenvalue weighted by Gasteiger charge is 2.15. The van der Waals surface area contributed by atoms with E-state index in [4.69, 9.17) is 0 Å². The van der Waals surface area contributed by atoms with Crippen molar-refractivity contribution in [3.8, 4) is 0 Å². The molecule has 0 atom stereocenters. The molecule has 0 saturated heterocycles. The highest BCUT2D eigenvalue weighted by atomic mass is 32.1. The number of nitrogens with zero attached hydrogens (tertiary/aromatic N) is 3. The summed E-state index contributed by atoms with van der Waals surface area (Å²) in [6, 6.07) is 1.77. The number of aryl methyl sites for hydroxylation is 3. The van der Waals surface area contributed by atoms with E-state index in [-0.39, 0.29) is 17.9 Å². The molecule has 0 bridgehead atoms. The Kier molecular flexibility index (Phi) is 4.63. The molecule has 0 aromatic carbocycles. The Bertz CT molecular complexity index is 949. The summed E-state index contributed by atoms with van der Waals surface area (Å²) in [6.07, 6.45) is 7.42. The van der Waals surface area contributed by atoms with E-state index in [1.54, 1.807) is 17.4 Å². The van der Waals surface area contributed by atoms with Gasteiger partial charge in [-0.1, -0.05) is 6.42 Å². The first kappa shape index (κ1) is 16.4. The molecule has 130 valence electrons. The minimum atomic E-state index is -0.124. The van der Waals surface area contributed by atoms with Gasteiger partial charge in [0, 0.05) is 17.8 Å². The number of carbonyl (C=O) groups is 1. The molecular weight excluding hydrogens is 356 g/mol. The first-order chi connectivity index (χ1) is 12.2. The van der Waals surface area contributed by atoms with E-state index in [0.29, 0.717) is 17.1 Å². The van der Waals surface area contributed by atoms with E-state index in [1.165, 1.54) is 46.4 Å². The van der Waals surface area contributed by atoms with Gasteiger partial charge in [0.15, 0.2) is 5.13 Å². The van der Waals surface area contributed by atoms with Crippen LogP contribution in [0.25, 0.3) is 10.2 Å². The number of hydrogen-bond donors (Lipinski definition) is 1. The molecule has 1 N–H and O–H groups in total. The molecule has 4 rings (SSSR count). The van der Waals surface area contributed by atoms with Crippen molar-refractivity contribution in [3.63, 3.8) is 0 Å². The van der Waals surface area contributed by atoms with E-state index >= 15 is 0 Å². The van der Waals surface area contributed by atoms with Gasteiger partial charge in [-0.05, 0) is 37.1 Å². The van der Waals surface area contributed by atoms with Gasteiger partial charge < -0.3 is 5.32 Å². The predicted octanol–water partition coefficient (Wildman–Crippen LogP) is 3.21. The minimum Gasteiger partial charge on any atom is -0.302 e. The average molecular weight is 374 g/mol. The molecular formula is C17H18N4O2S2. The SMILES string of the molecule is O=C(CCn1cnc2sccc2c1=O)Nc1nc2c(s1)CCCCC2. The van der Waals surface area contributed by atoms with Crippen molar-refractivity contribution >= 4 is 43.9 Å². The molecule has 0 unspecified atom stereocenters. The molecule has 1 aliphatic rings. The Labute approximate surface area is 152 Å². The fourth-order valence-corrected chi connectivity index (χ4v) is 4.83. The number of aromatic nitrogens is 3. The van der Waals surface area contributed by atoms with E-state index in [2.05, 4.69) is 15.3 Å². The zero-order valence-electron chi connectivity index (χ0n) is 13.7. The topological polar surface area (TPSA) is 76.9 Å². The van der Waals surface area contributed by atoms with E-state index in [1.807, 2.05) is 5.38 Å². The lowest BCUT2D eigenvalue weighted by Gasteiger charge is -2.05. The van der Waals surface area contributed by atoms with Crippen LogP contribution in [0.1, 0.15) is 36.3 Å². The maximum atomic E-state index is 12.3. The van der Waals surface area contributed by atoms with Gasteiger partial charge in [-0.15, -0.1) is 22.7 Å². The van der Waals surface area contributed by atoms with Gasteiger partial charge in [-0.3, -0.25) is 14.2 Å². The molecule has 3 heterocycles. The van der Waals surface area contributed by atoms with Crippen LogP contribution in [0.15, 0.2) is 22.6 Å². The number of carbonyl (C=O) groups excluding carboxylic acids is 1. The van der Waals surface area contributed by atoms with Gasteiger partial charge in [-0.25, -0.2) is 9.97 Å². The molecule has 0 saturated carbocycles. The van der Waals surface area contributed by atoms with E-state index in [9.17, 15) is 9.59 Å². The van der Waals surface area contributed by atoms with Crippen molar-refractivity contribution in [2.45, 2.75) is 45.1 Å². The van der Waals surface area contributed by atoms with Crippen LogP contribution in [0.4, 0.5) is 5.13 Å². The zero-order valence-corrected chi connectivity index (χ0v) is 15.3. The lowest BCUT2D eigenvalue weighted by molar-refractivity contribution is -0.116. The highest BCUT2D eigenvalue weighted by molar-refractivity contribution is 7.16. The van der Waals surface area contributed by atoms with Crippen LogP contribution < -0.4 is 10.9 Å². The third-order valence-corrected chi connectivity index (χ3v) is 6.27. The van der Waals surface area contributed by atoms with Gasteiger partial charge in [0.1, 0.15) is 4.83 Å². The molecule has 8 heteroatoms. The Morgan fingerprint density at radius 1 is 1.28 bits per heavy atom. The van der Waals surface area contributed by atoms with Gasteiger partial charge in [0.25, 0.3) is 5.56 Å². The number of rotatable bonds is 4. The minimum absolute atomic E-state index is 0.0972. The van der Waals surface area contributed by atoms with Crippen LogP contribution in [-0.2, 0) is 24.2 Å². The predicted molar refractivity (Wildman–Crippen MR) is 100 cm³/mol. The molecule has 0 aliphatic heterocycles. The van der Waals surface area contributed by atoms with Crippen LogP contribution in [0.5, 0.6) is 0 Å². The second kappa shape index (κ2) is 7.05. The molecule has 0 spiro atoms. The largest absolute Gasteiger partial charge is 0.302 e. The van der Waals surface area contributed by atoms with Gasteiger partial charge in [0.2, 0.25) is 5.91 Å². The Morgan fingerprint density at radius 3 is 3.08 bits per heavy atom. The van der Waals surface area contributed by atoms with E-state index in [0.717, 1.165) is 23.4 Å². The average Bonchev–Trinajstić information content (AvgIpc) is 3.16. The first-order valence-corrected chi connectivity index (χ1v) is 10.1. The third kappa shape index (κ3) is 3.50. The fraction of sp³-hybridized carbons (Fsp3) is 0.412. The normalized spacial score (nSPS) is 14.2. The number of fused-ring (bicyclic) bond motifs is 2. The molecule has 1 amide bonds. The third-order valence-electron chi connectivity index (χ3n) is 4.37. The second-order valence-corrected chi connectivity index (χ2v) is 8.11. The van der Waals surface area contributed by atoms with Crippen molar-refractivity contribution in [2.75, 3.05) is 5.32 Å². The van der Waals surface area contributed by atoms with Crippen LogP contribution in [0, 0.1) is 0 Å². The van der Waals surface area contributed by atoms with Gasteiger partial charge in [0.05, 0.1) is 17.4 Å². The lowest BCUT2D eigenvalue weighted by Crippen LogP contribution is -2.23. The van der Waals surface area contributed by atoms with Gasteiger partial charge >= 0.3 is 0 Å².